The molecule has 0 saturated heterocycles. The van der Waals surface area contributed by atoms with Crippen LogP contribution >= 0.6 is 0 Å². The Morgan fingerprint density at radius 1 is 0.893 bits per heavy atom. The first-order valence-corrected chi connectivity index (χ1v) is 10.2. The maximum Gasteiger partial charge on any atom is 0.261 e. The number of imide groups is 1. The third kappa shape index (κ3) is 3.31. The van der Waals surface area contributed by atoms with Crippen molar-refractivity contribution in [3.05, 3.63) is 77.4 Å². The quantitative estimate of drug-likeness (QED) is 0.584. The highest BCUT2D eigenvalue weighted by Crippen LogP contribution is 2.22. The highest BCUT2D eigenvalue weighted by Gasteiger charge is 2.35. The van der Waals surface area contributed by atoms with Crippen LogP contribution in [0.5, 0.6) is 0 Å². The van der Waals surface area contributed by atoms with E-state index < -0.39 is 15.6 Å². The van der Waals surface area contributed by atoms with Crippen molar-refractivity contribution in [1.82, 2.24) is 15.0 Å². The van der Waals surface area contributed by atoms with Gasteiger partial charge in [-0.05, 0) is 24.3 Å². The molecule has 0 radical (unpaired) electrons. The Morgan fingerprint density at radius 2 is 1.50 bits per heavy atom. The van der Waals surface area contributed by atoms with Gasteiger partial charge in [0, 0.05) is 13.0 Å². The third-order valence-electron chi connectivity index (χ3n) is 4.36. The van der Waals surface area contributed by atoms with Crippen LogP contribution in [0.25, 0.3) is 0 Å². The summed E-state index contributed by atoms with van der Waals surface area (Å²) in [5.41, 5.74) is 0.736. The van der Waals surface area contributed by atoms with E-state index in [4.69, 9.17) is 4.52 Å². The number of sulfone groups is 1. The molecule has 28 heavy (non-hydrogen) atoms. The van der Waals surface area contributed by atoms with Crippen LogP contribution in [0, 0.1) is 0 Å². The predicted molar refractivity (Wildman–Crippen MR) is 97.1 cm³/mol. The Bertz CT molecular complexity index is 1120. The molecule has 3 aromatic rings. The van der Waals surface area contributed by atoms with Crippen LogP contribution in [-0.2, 0) is 22.0 Å². The van der Waals surface area contributed by atoms with Crippen LogP contribution in [0.4, 0.5) is 0 Å². The van der Waals surface area contributed by atoms with E-state index in [2.05, 4.69) is 10.1 Å². The standard InChI is InChI=1S/C19H15N3O5S/c23-18-14-8-4-5-9-15(14)19(24)22(18)11-10-17-20-16(21-27-17)12-28(25,26)13-6-2-1-3-7-13/h1-9H,10-12H2. The summed E-state index contributed by atoms with van der Waals surface area (Å²) in [4.78, 5) is 30.0. The second kappa shape index (κ2) is 7.01. The average Bonchev–Trinajstić information content (AvgIpc) is 3.24. The summed E-state index contributed by atoms with van der Waals surface area (Å²) >= 11 is 0. The molecule has 8 nitrogen and oxygen atoms in total. The van der Waals surface area contributed by atoms with Crippen molar-refractivity contribution in [1.29, 1.82) is 0 Å². The normalized spacial score (nSPS) is 13.8. The van der Waals surface area contributed by atoms with Gasteiger partial charge in [-0.15, -0.1) is 0 Å². The molecule has 2 aromatic carbocycles. The summed E-state index contributed by atoms with van der Waals surface area (Å²) in [5, 5.41) is 3.70. The largest absolute Gasteiger partial charge is 0.339 e. The zero-order valence-corrected chi connectivity index (χ0v) is 15.4. The number of fused-ring (bicyclic) bond motifs is 1. The number of hydrogen-bond donors (Lipinski definition) is 0. The Balaban J connectivity index is 1.42. The second-order valence-electron chi connectivity index (χ2n) is 6.23. The molecule has 0 bridgehead atoms. The van der Waals surface area contributed by atoms with E-state index in [-0.39, 0.29) is 41.4 Å². The highest BCUT2D eigenvalue weighted by atomic mass is 32.2. The van der Waals surface area contributed by atoms with Gasteiger partial charge in [-0.25, -0.2) is 8.42 Å². The Hall–Kier alpha value is -3.33. The molecule has 1 aliphatic rings. The summed E-state index contributed by atoms with van der Waals surface area (Å²) in [6.07, 6.45) is 0.143. The first-order valence-electron chi connectivity index (χ1n) is 8.50. The Labute approximate surface area is 160 Å². The maximum atomic E-state index is 12.4. The summed E-state index contributed by atoms with van der Waals surface area (Å²) in [7, 11) is -3.59. The average molecular weight is 397 g/mol. The molecule has 4 rings (SSSR count). The summed E-state index contributed by atoms with van der Waals surface area (Å²) in [6.45, 7) is 0.0689. The van der Waals surface area contributed by atoms with Crippen molar-refractivity contribution < 1.29 is 22.5 Å². The lowest BCUT2D eigenvalue weighted by molar-refractivity contribution is 0.0653. The zero-order chi connectivity index (χ0) is 19.7. The van der Waals surface area contributed by atoms with Crippen molar-refractivity contribution in [2.75, 3.05) is 6.54 Å². The smallest absolute Gasteiger partial charge is 0.261 e. The number of benzene rings is 2. The molecule has 0 spiro atoms. The van der Waals surface area contributed by atoms with Gasteiger partial charge < -0.3 is 4.52 Å². The summed E-state index contributed by atoms with van der Waals surface area (Å²) in [6, 6.07) is 14.6. The molecule has 2 amide bonds. The van der Waals surface area contributed by atoms with Gasteiger partial charge >= 0.3 is 0 Å². The summed E-state index contributed by atoms with van der Waals surface area (Å²) in [5.74, 6) is -0.942. The van der Waals surface area contributed by atoms with Gasteiger partial charge in [-0.1, -0.05) is 35.5 Å². The fourth-order valence-electron chi connectivity index (χ4n) is 2.98. The van der Waals surface area contributed by atoms with Crippen LogP contribution in [0.15, 0.2) is 64.0 Å². The van der Waals surface area contributed by atoms with Crippen LogP contribution in [0.3, 0.4) is 0 Å². The Morgan fingerprint density at radius 3 is 2.14 bits per heavy atom. The fourth-order valence-corrected chi connectivity index (χ4v) is 4.18. The number of hydrogen-bond acceptors (Lipinski definition) is 7. The lowest BCUT2D eigenvalue weighted by atomic mass is 10.1. The zero-order valence-electron chi connectivity index (χ0n) is 14.6. The fraction of sp³-hybridized carbons (Fsp3) is 0.158. The monoisotopic (exact) mass is 397 g/mol. The van der Waals surface area contributed by atoms with Gasteiger partial charge in [0.1, 0.15) is 5.75 Å². The molecular weight excluding hydrogens is 382 g/mol. The van der Waals surface area contributed by atoms with Gasteiger partial charge in [0.15, 0.2) is 15.7 Å². The van der Waals surface area contributed by atoms with Gasteiger partial charge in [0.2, 0.25) is 5.89 Å². The van der Waals surface area contributed by atoms with Crippen LogP contribution in [0.2, 0.25) is 0 Å². The lowest BCUT2D eigenvalue weighted by Gasteiger charge is -2.11. The summed E-state index contributed by atoms with van der Waals surface area (Å²) < 4.78 is 29.8. The van der Waals surface area contributed by atoms with Gasteiger partial charge in [-0.2, -0.15) is 4.98 Å². The molecular formula is C19H15N3O5S. The molecule has 0 saturated carbocycles. The number of nitrogens with zero attached hydrogens (tertiary/aromatic N) is 3. The van der Waals surface area contributed by atoms with Gasteiger partial charge in [0.25, 0.3) is 11.8 Å². The molecule has 0 fully saturated rings. The van der Waals surface area contributed by atoms with Crippen molar-refractivity contribution in [2.24, 2.45) is 0 Å². The van der Waals surface area contributed by atoms with E-state index in [0.29, 0.717) is 11.1 Å². The molecule has 142 valence electrons. The molecule has 9 heteroatoms. The van der Waals surface area contributed by atoms with E-state index in [0.717, 1.165) is 4.90 Å². The SMILES string of the molecule is O=C1c2ccccc2C(=O)N1CCc1nc(CS(=O)(=O)c2ccccc2)no1. The minimum absolute atomic E-state index is 0.0289. The topological polar surface area (TPSA) is 110 Å². The Kier molecular flexibility index (Phi) is 4.52. The van der Waals surface area contributed by atoms with E-state index in [1.165, 1.54) is 12.1 Å². The van der Waals surface area contributed by atoms with Gasteiger partial charge in [-0.3, -0.25) is 14.5 Å². The van der Waals surface area contributed by atoms with E-state index >= 15 is 0 Å². The van der Waals surface area contributed by atoms with Crippen LogP contribution < -0.4 is 0 Å². The van der Waals surface area contributed by atoms with Crippen LogP contribution in [0.1, 0.15) is 32.4 Å². The molecule has 1 aliphatic heterocycles. The molecule has 2 heterocycles. The minimum atomic E-state index is -3.59. The number of rotatable bonds is 6. The molecule has 0 aliphatic carbocycles. The number of aromatic nitrogens is 2. The van der Waals surface area contributed by atoms with E-state index in [1.54, 1.807) is 42.5 Å². The molecule has 0 N–H and O–H groups in total. The van der Waals surface area contributed by atoms with E-state index in [9.17, 15) is 18.0 Å². The first kappa shape index (κ1) is 18.1. The first-order chi connectivity index (χ1) is 13.5. The van der Waals surface area contributed by atoms with Crippen molar-refractivity contribution >= 4 is 21.7 Å². The third-order valence-corrected chi connectivity index (χ3v) is 5.99. The van der Waals surface area contributed by atoms with Crippen molar-refractivity contribution in [3.63, 3.8) is 0 Å². The lowest BCUT2D eigenvalue weighted by Crippen LogP contribution is -2.31. The second-order valence-corrected chi connectivity index (χ2v) is 8.22. The van der Waals surface area contributed by atoms with Crippen molar-refractivity contribution in [3.8, 4) is 0 Å². The number of carbonyl (C=O) groups is 2. The maximum absolute atomic E-state index is 12.4. The number of carbonyl (C=O) groups excluding carboxylic acids is 2. The number of amides is 2. The minimum Gasteiger partial charge on any atom is -0.339 e. The highest BCUT2D eigenvalue weighted by molar-refractivity contribution is 7.90. The van der Waals surface area contributed by atoms with Gasteiger partial charge in [0.05, 0.1) is 16.0 Å². The van der Waals surface area contributed by atoms with Crippen LogP contribution in [-0.4, -0.2) is 41.8 Å². The molecule has 0 atom stereocenters. The molecule has 1 aromatic heterocycles. The van der Waals surface area contributed by atoms with E-state index in [1.807, 2.05) is 0 Å². The molecule has 0 unspecified atom stereocenters. The van der Waals surface area contributed by atoms with Crippen molar-refractivity contribution in [2.45, 2.75) is 17.1 Å². The predicted octanol–water partition coefficient (Wildman–Crippen LogP) is 1.88.